The Morgan fingerprint density at radius 3 is 2.52 bits per heavy atom. The second kappa shape index (κ2) is 6.58. The molecule has 1 aliphatic rings. The summed E-state index contributed by atoms with van der Waals surface area (Å²) >= 11 is 0. The van der Waals surface area contributed by atoms with Crippen molar-refractivity contribution < 1.29 is 13.2 Å². The van der Waals surface area contributed by atoms with E-state index in [1.54, 1.807) is 12.1 Å². The number of piperidine rings is 1. The number of benzene rings is 1. The van der Waals surface area contributed by atoms with Gasteiger partial charge in [0.2, 0.25) is 0 Å². The molecule has 0 saturated carbocycles. The van der Waals surface area contributed by atoms with E-state index in [-0.39, 0.29) is 10.8 Å². The van der Waals surface area contributed by atoms with E-state index in [9.17, 15) is 13.2 Å². The Balaban J connectivity index is 1.91. The molecule has 1 heterocycles. The monoisotopic (exact) mass is 310 g/mol. The van der Waals surface area contributed by atoms with Crippen LogP contribution >= 0.6 is 0 Å². The molecule has 2 rings (SSSR count). The van der Waals surface area contributed by atoms with Crippen LogP contribution in [0.15, 0.2) is 29.2 Å². The summed E-state index contributed by atoms with van der Waals surface area (Å²) in [7, 11) is -3.22. The molecule has 1 aromatic carbocycles. The van der Waals surface area contributed by atoms with Crippen LogP contribution in [0.5, 0.6) is 0 Å². The number of amides is 1. The third kappa shape index (κ3) is 4.54. The number of carbonyl (C=O) groups excluding carboxylic acids is 1. The summed E-state index contributed by atoms with van der Waals surface area (Å²) in [6.07, 6.45) is 4.57. The summed E-state index contributed by atoms with van der Waals surface area (Å²) in [5.74, 6) is -0.171. The van der Waals surface area contributed by atoms with Gasteiger partial charge in [-0.2, -0.15) is 0 Å². The number of hydrogen-bond donors (Lipinski definition) is 2. The summed E-state index contributed by atoms with van der Waals surface area (Å²) in [6, 6.07) is 6.82. The maximum Gasteiger partial charge on any atom is 0.251 e. The van der Waals surface area contributed by atoms with Gasteiger partial charge in [-0.1, -0.05) is 6.42 Å². The summed E-state index contributed by atoms with van der Waals surface area (Å²) in [5, 5.41) is 6.35. The molecule has 116 valence electrons. The third-order valence-electron chi connectivity index (χ3n) is 3.76. The van der Waals surface area contributed by atoms with Gasteiger partial charge >= 0.3 is 0 Å². The van der Waals surface area contributed by atoms with E-state index < -0.39 is 9.84 Å². The maximum atomic E-state index is 12.0. The van der Waals surface area contributed by atoms with Crippen molar-refractivity contribution in [2.24, 2.45) is 0 Å². The largest absolute Gasteiger partial charge is 0.350 e. The zero-order valence-electron chi connectivity index (χ0n) is 12.4. The SMILES string of the molecule is CC1CCCC(CNC(=O)c2ccc(S(C)(=O)=O)cc2)N1. The van der Waals surface area contributed by atoms with Crippen LogP contribution in [0.1, 0.15) is 36.5 Å². The predicted molar refractivity (Wildman–Crippen MR) is 82.1 cm³/mol. The Morgan fingerprint density at radius 2 is 1.95 bits per heavy atom. The molecular weight excluding hydrogens is 288 g/mol. The number of rotatable bonds is 4. The first-order valence-corrected chi connectivity index (χ1v) is 9.10. The lowest BCUT2D eigenvalue weighted by molar-refractivity contribution is 0.0946. The van der Waals surface area contributed by atoms with Crippen molar-refractivity contribution in [3.05, 3.63) is 29.8 Å². The van der Waals surface area contributed by atoms with Crippen molar-refractivity contribution in [2.45, 2.75) is 43.2 Å². The fourth-order valence-corrected chi connectivity index (χ4v) is 3.20. The van der Waals surface area contributed by atoms with Crippen molar-refractivity contribution in [2.75, 3.05) is 12.8 Å². The predicted octanol–water partition coefficient (Wildman–Crippen LogP) is 1.35. The van der Waals surface area contributed by atoms with Gasteiger partial charge in [-0.3, -0.25) is 4.79 Å². The van der Waals surface area contributed by atoms with Crippen LogP contribution in [0, 0.1) is 0 Å². The van der Waals surface area contributed by atoms with E-state index in [0.717, 1.165) is 12.7 Å². The summed E-state index contributed by atoms with van der Waals surface area (Å²) in [6.45, 7) is 2.74. The van der Waals surface area contributed by atoms with Gasteiger partial charge in [0.05, 0.1) is 4.90 Å². The average Bonchev–Trinajstić information content (AvgIpc) is 2.44. The van der Waals surface area contributed by atoms with E-state index in [2.05, 4.69) is 17.6 Å². The van der Waals surface area contributed by atoms with Gasteiger partial charge in [-0.15, -0.1) is 0 Å². The molecule has 0 spiro atoms. The second-order valence-electron chi connectivity index (χ2n) is 5.70. The molecule has 21 heavy (non-hydrogen) atoms. The van der Waals surface area contributed by atoms with Crippen LogP contribution in [-0.4, -0.2) is 39.2 Å². The van der Waals surface area contributed by atoms with Gasteiger partial charge in [0.1, 0.15) is 0 Å². The molecule has 0 aliphatic carbocycles. The molecule has 0 bridgehead atoms. The van der Waals surface area contributed by atoms with Gasteiger partial charge in [0.25, 0.3) is 5.91 Å². The van der Waals surface area contributed by atoms with E-state index in [1.165, 1.54) is 25.0 Å². The van der Waals surface area contributed by atoms with Crippen molar-refractivity contribution in [1.82, 2.24) is 10.6 Å². The number of sulfone groups is 1. The van der Waals surface area contributed by atoms with Gasteiger partial charge in [-0.05, 0) is 44.0 Å². The lowest BCUT2D eigenvalue weighted by atomic mass is 9.99. The summed E-state index contributed by atoms with van der Waals surface area (Å²) in [5.41, 5.74) is 0.478. The van der Waals surface area contributed by atoms with Crippen molar-refractivity contribution >= 4 is 15.7 Å². The molecule has 1 aromatic rings. The number of hydrogen-bond acceptors (Lipinski definition) is 4. The highest BCUT2D eigenvalue weighted by molar-refractivity contribution is 7.90. The average molecular weight is 310 g/mol. The van der Waals surface area contributed by atoms with E-state index in [1.807, 2.05) is 0 Å². The molecular formula is C15H22N2O3S. The zero-order chi connectivity index (χ0) is 15.5. The minimum atomic E-state index is -3.22. The fourth-order valence-electron chi connectivity index (χ4n) is 2.57. The van der Waals surface area contributed by atoms with E-state index in [0.29, 0.717) is 24.2 Å². The van der Waals surface area contributed by atoms with Crippen molar-refractivity contribution in [1.29, 1.82) is 0 Å². The Hall–Kier alpha value is -1.40. The van der Waals surface area contributed by atoms with E-state index in [4.69, 9.17) is 0 Å². The fraction of sp³-hybridized carbons (Fsp3) is 0.533. The Labute approximate surface area is 126 Å². The highest BCUT2D eigenvalue weighted by atomic mass is 32.2. The zero-order valence-corrected chi connectivity index (χ0v) is 13.2. The number of carbonyl (C=O) groups is 1. The van der Waals surface area contributed by atoms with Gasteiger partial charge < -0.3 is 10.6 Å². The van der Waals surface area contributed by atoms with Crippen LogP contribution in [-0.2, 0) is 9.84 Å². The molecule has 2 unspecified atom stereocenters. The molecule has 5 nitrogen and oxygen atoms in total. The Morgan fingerprint density at radius 1 is 1.29 bits per heavy atom. The first kappa shape index (κ1) is 16.0. The molecule has 2 N–H and O–H groups in total. The number of nitrogens with one attached hydrogen (secondary N) is 2. The molecule has 6 heteroatoms. The van der Waals surface area contributed by atoms with Gasteiger partial charge in [0, 0.05) is 30.4 Å². The lowest BCUT2D eigenvalue weighted by Crippen LogP contribution is -2.47. The topological polar surface area (TPSA) is 75.3 Å². The minimum Gasteiger partial charge on any atom is -0.350 e. The second-order valence-corrected chi connectivity index (χ2v) is 7.72. The highest BCUT2D eigenvalue weighted by Crippen LogP contribution is 2.12. The molecule has 1 aliphatic heterocycles. The van der Waals surface area contributed by atoms with Crippen LogP contribution in [0.2, 0.25) is 0 Å². The van der Waals surface area contributed by atoms with Crippen LogP contribution in [0.4, 0.5) is 0 Å². The molecule has 2 atom stereocenters. The van der Waals surface area contributed by atoms with Crippen molar-refractivity contribution in [3.63, 3.8) is 0 Å². The Kier molecular flexibility index (Phi) is 5.00. The third-order valence-corrected chi connectivity index (χ3v) is 4.89. The summed E-state index contributed by atoms with van der Waals surface area (Å²) in [4.78, 5) is 12.3. The van der Waals surface area contributed by atoms with Crippen LogP contribution in [0.3, 0.4) is 0 Å². The lowest BCUT2D eigenvalue weighted by Gasteiger charge is -2.28. The summed E-state index contributed by atoms with van der Waals surface area (Å²) < 4.78 is 22.7. The molecule has 1 saturated heterocycles. The molecule has 0 radical (unpaired) electrons. The van der Waals surface area contributed by atoms with Crippen molar-refractivity contribution in [3.8, 4) is 0 Å². The van der Waals surface area contributed by atoms with Gasteiger partial charge in [-0.25, -0.2) is 8.42 Å². The van der Waals surface area contributed by atoms with Crippen LogP contribution < -0.4 is 10.6 Å². The quantitative estimate of drug-likeness (QED) is 0.880. The van der Waals surface area contributed by atoms with E-state index >= 15 is 0 Å². The smallest absolute Gasteiger partial charge is 0.251 e. The molecule has 0 aromatic heterocycles. The normalized spacial score (nSPS) is 22.8. The van der Waals surface area contributed by atoms with Gasteiger partial charge in [0.15, 0.2) is 9.84 Å². The standard InChI is InChI=1S/C15H22N2O3S/c1-11-4-3-5-13(17-11)10-16-15(18)12-6-8-14(9-7-12)21(2,19)20/h6-9,11,13,17H,3-5,10H2,1-2H3,(H,16,18). The minimum absolute atomic E-state index is 0.171. The molecule has 1 amide bonds. The maximum absolute atomic E-state index is 12.0. The first-order chi connectivity index (χ1) is 9.86. The highest BCUT2D eigenvalue weighted by Gasteiger charge is 2.18. The first-order valence-electron chi connectivity index (χ1n) is 7.20. The van der Waals surface area contributed by atoms with Crippen LogP contribution in [0.25, 0.3) is 0 Å². The Bertz CT molecular complexity index is 596. The molecule has 1 fully saturated rings.